The topological polar surface area (TPSA) is 140 Å². The van der Waals surface area contributed by atoms with Crippen molar-refractivity contribution >= 4 is 28.7 Å². The highest BCUT2D eigenvalue weighted by Gasteiger charge is 2.48. The molecule has 5 rings (SSSR count). The summed E-state index contributed by atoms with van der Waals surface area (Å²) in [4.78, 5) is 51.3. The second-order valence-corrected chi connectivity index (χ2v) is 9.39. The van der Waals surface area contributed by atoms with E-state index in [9.17, 15) is 14.4 Å². The summed E-state index contributed by atoms with van der Waals surface area (Å²) in [5.41, 5.74) is -0.0270. The van der Waals surface area contributed by atoms with Crippen molar-refractivity contribution in [1.29, 1.82) is 0 Å². The first-order valence-corrected chi connectivity index (χ1v) is 12.1. The van der Waals surface area contributed by atoms with Crippen LogP contribution in [0.25, 0.3) is 22.4 Å². The van der Waals surface area contributed by atoms with Gasteiger partial charge in [-0.25, -0.2) is 4.98 Å². The first-order valence-electron chi connectivity index (χ1n) is 12.1. The van der Waals surface area contributed by atoms with Gasteiger partial charge in [-0.2, -0.15) is 0 Å². The Morgan fingerprint density at radius 1 is 1.21 bits per heavy atom. The third-order valence-electron chi connectivity index (χ3n) is 6.62. The number of ether oxygens (including phenoxy) is 2. The fourth-order valence-corrected chi connectivity index (χ4v) is 4.30. The Balaban J connectivity index is 1.50. The van der Waals surface area contributed by atoms with Crippen LogP contribution in [0, 0.1) is 0 Å². The van der Waals surface area contributed by atoms with Crippen molar-refractivity contribution in [2.24, 2.45) is 0 Å². The Bertz CT molecular complexity index is 1550. The van der Waals surface area contributed by atoms with Gasteiger partial charge in [0.25, 0.3) is 5.91 Å². The van der Waals surface area contributed by atoms with Gasteiger partial charge in [-0.1, -0.05) is 0 Å². The lowest BCUT2D eigenvalue weighted by atomic mass is 9.99. The minimum atomic E-state index is -1.56. The summed E-state index contributed by atoms with van der Waals surface area (Å²) in [7, 11) is 4.65. The molecule has 0 saturated carbocycles. The number of nitrogens with one attached hydrogen (secondary N) is 1. The zero-order valence-corrected chi connectivity index (χ0v) is 21.9. The normalized spacial score (nSPS) is 16.8. The number of benzene rings is 1. The molecule has 202 valence electrons. The molecule has 0 fully saturated rings. The van der Waals surface area contributed by atoms with Crippen LogP contribution >= 0.6 is 0 Å². The number of amides is 3. The second kappa shape index (κ2) is 10.1. The van der Waals surface area contributed by atoms with Crippen LogP contribution in [0.15, 0.2) is 57.8 Å². The van der Waals surface area contributed by atoms with Crippen LogP contribution in [0.1, 0.15) is 23.2 Å². The molecule has 4 aromatic rings. The number of pyridine rings is 1. The van der Waals surface area contributed by atoms with Gasteiger partial charge in [-0.05, 0) is 37.3 Å². The van der Waals surface area contributed by atoms with Crippen molar-refractivity contribution in [2.75, 3.05) is 34.4 Å². The van der Waals surface area contributed by atoms with E-state index in [4.69, 9.17) is 18.3 Å². The highest BCUT2D eigenvalue weighted by molar-refractivity contribution is 6.06. The molecule has 0 saturated heterocycles. The molecule has 1 N–H and O–H groups in total. The molecule has 0 spiro atoms. The molecule has 0 unspecified atom stereocenters. The Labute approximate surface area is 223 Å². The van der Waals surface area contributed by atoms with Gasteiger partial charge in [-0.15, -0.1) is 0 Å². The van der Waals surface area contributed by atoms with Crippen molar-refractivity contribution in [3.8, 4) is 23.0 Å². The van der Waals surface area contributed by atoms with E-state index in [-0.39, 0.29) is 37.1 Å². The maximum atomic E-state index is 13.9. The molecule has 1 aromatic carbocycles. The van der Waals surface area contributed by atoms with Crippen molar-refractivity contribution in [2.45, 2.75) is 19.0 Å². The first kappa shape index (κ1) is 25.8. The number of nitrogens with zero attached hydrogens (tertiary/aromatic N) is 4. The van der Waals surface area contributed by atoms with Crippen LogP contribution in [0.4, 0.5) is 0 Å². The minimum Gasteiger partial charge on any atom is -0.495 e. The quantitative estimate of drug-likeness (QED) is 0.379. The molecule has 0 radical (unpaired) electrons. The summed E-state index contributed by atoms with van der Waals surface area (Å²) in [6, 6.07) is 8.64. The van der Waals surface area contributed by atoms with Gasteiger partial charge in [0.1, 0.15) is 36.4 Å². The smallest absolute Gasteiger partial charge is 0.295 e. The predicted octanol–water partition coefficient (Wildman–Crippen LogP) is 2.49. The van der Waals surface area contributed by atoms with E-state index in [0.29, 0.717) is 33.9 Å². The zero-order valence-electron chi connectivity index (χ0n) is 21.9. The van der Waals surface area contributed by atoms with Gasteiger partial charge in [0.15, 0.2) is 11.3 Å². The molecule has 1 aliphatic heterocycles. The number of methoxy groups -OCH3 is 1. The van der Waals surface area contributed by atoms with Crippen LogP contribution in [0.3, 0.4) is 0 Å². The molecule has 1 aliphatic rings. The largest absolute Gasteiger partial charge is 0.495 e. The van der Waals surface area contributed by atoms with Gasteiger partial charge < -0.3 is 33.4 Å². The second-order valence-electron chi connectivity index (χ2n) is 9.39. The SMILES string of the molecule is COc1cccnc1CNC(=O)[C@@]1(C)COc2c(oc3cc(-c4ncco4)ccc23)C(=O)N1CC(=O)N(C)C. The number of rotatable bonds is 7. The number of furan rings is 1. The number of hydrogen-bond acceptors (Lipinski definition) is 9. The number of oxazole rings is 1. The molecule has 12 heteroatoms. The van der Waals surface area contributed by atoms with Crippen LogP contribution < -0.4 is 14.8 Å². The predicted molar refractivity (Wildman–Crippen MR) is 138 cm³/mol. The lowest BCUT2D eigenvalue weighted by Crippen LogP contribution is -2.62. The number of aromatic nitrogens is 2. The fourth-order valence-electron chi connectivity index (χ4n) is 4.30. The van der Waals surface area contributed by atoms with Crippen molar-refractivity contribution < 1.29 is 32.7 Å². The average Bonchev–Trinajstić information content (AvgIpc) is 3.59. The summed E-state index contributed by atoms with van der Waals surface area (Å²) in [6.45, 7) is 0.990. The van der Waals surface area contributed by atoms with E-state index in [0.717, 1.165) is 0 Å². The molecule has 39 heavy (non-hydrogen) atoms. The first-order chi connectivity index (χ1) is 18.7. The van der Waals surface area contributed by atoms with E-state index >= 15 is 0 Å². The maximum absolute atomic E-state index is 13.9. The zero-order chi connectivity index (χ0) is 27.7. The number of carbonyl (C=O) groups excluding carboxylic acids is 3. The van der Waals surface area contributed by atoms with Gasteiger partial charge in [0.2, 0.25) is 23.5 Å². The van der Waals surface area contributed by atoms with Crippen molar-refractivity contribution in [3.63, 3.8) is 0 Å². The highest BCUT2D eigenvalue weighted by Crippen LogP contribution is 2.39. The Morgan fingerprint density at radius 2 is 2.03 bits per heavy atom. The summed E-state index contributed by atoms with van der Waals surface area (Å²) in [5, 5.41) is 3.35. The Morgan fingerprint density at radius 3 is 2.74 bits per heavy atom. The highest BCUT2D eigenvalue weighted by atomic mass is 16.5. The maximum Gasteiger partial charge on any atom is 0.295 e. The lowest BCUT2D eigenvalue weighted by Gasteiger charge is -2.37. The molecule has 0 bridgehead atoms. The van der Waals surface area contributed by atoms with Gasteiger partial charge in [-0.3, -0.25) is 19.4 Å². The summed E-state index contributed by atoms with van der Waals surface area (Å²) in [6.07, 6.45) is 4.57. The number of likely N-dealkylation sites (N-methyl/N-ethyl adjacent to an activating group) is 1. The van der Waals surface area contributed by atoms with Crippen LogP contribution in [0.2, 0.25) is 0 Å². The van der Waals surface area contributed by atoms with Gasteiger partial charge in [0.05, 0.1) is 25.2 Å². The summed E-state index contributed by atoms with van der Waals surface area (Å²) < 4.78 is 22.7. The van der Waals surface area contributed by atoms with Crippen LogP contribution in [0.5, 0.6) is 11.5 Å². The molecule has 12 nitrogen and oxygen atoms in total. The Hall–Kier alpha value is -4.87. The molecular formula is C27H27N5O7. The minimum absolute atomic E-state index is 0.0398. The molecule has 3 amide bonds. The van der Waals surface area contributed by atoms with Gasteiger partial charge >= 0.3 is 0 Å². The van der Waals surface area contributed by atoms with Crippen LogP contribution in [-0.4, -0.2) is 77.4 Å². The third-order valence-corrected chi connectivity index (χ3v) is 6.62. The molecule has 1 atom stereocenters. The summed E-state index contributed by atoms with van der Waals surface area (Å²) >= 11 is 0. The molecule has 0 aliphatic carbocycles. The molecular weight excluding hydrogens is 506 g/mol. The van der Waals surface area contributed by atoms with E-state index in [1.807, 2.05) is 0 Å². The number of fused-ring (bicyclic) bond motifs is 3. The molecule has 3 aromatic heterocycles. The van der Waals surface area contributed by atoms with Crippen molar-refractivity contribution in [1.82, 2.24) is 25.1 Å². The number of carbonyl (C=O) groups is 3. The fraction of sp³-hybridized carbons (Fsp3) is 0.296. The van der Waals surface area contributed by atoms with Gasteiger partial charge in [0, 0.05) is 25.9 Å². The van der Waals surface area contributed by atoms with E-state index < -0.39 is 17.4 Å². The van der Waals surface area contributed by atoms with E-state index in [1.54, 1.807) is 57.5 Å². The van der Waals surface area contributed by atoms with E-state index in [1.165, 1.54) is 29.4 Å². The van der Waals surface area contributed by atoms with E-state index in [2.05, 4.69) is 15.3 Å². The third kappa shape index (κ3) is 4.65. The average molecular weight is 534 g/mol. The van der Waals surface area contributed by atoms with Crippen LogP contribution in [-0.2, 0) is 16.1 Å². The Kier molecular flexibility index (Phi) is 6.69. The summed E-state index contributed by atoms with van der Waals surface area (Å²) in [5.74, 6) is -0.577. The standard InChI is InChI=1S/C27H27N5O7/c1-27(26(35)30-13-18-19(36-4)6-5-9-28-18)15-38-22-17-8-7-16(24-29-10-11-37-24)12-20(17)39-23(22)25(34)32(27)14-21(33)31(2)3/h5-12H,13-15H2,1-4H3,(H,30,35)/t27-/m1/s1. The van der Waals surface area contributed by atoms with Crippen molar-refractivity contribution in [3.05, 3.63) is 60.4 Å². The molecule has 4 heterocycles. The number of hydrogen-bond donors (Lipinski definition) is 1. The lowest BCUT2D eigenvalue weighted by molar-refractivity contribution is -0.137. The monoisotopic (exact) mass is 533 g/mol.